The zero-order valence-corrected chi connectivity index (χ0v) is 10.5. The van der Waals surface area contributed by atoms with Crippen molar-refractivity contribution in [3.8, 4) is 0 Å². The van der Waals surface area contributed by atoms with E-state index in [0.29, 0.717) is 19.6 Å². The van der Waals surface area contributed by atoms with Crippen LogP contribution in [0.25, 0.3) is 0 Å². The lowest BCUT2D eigenvalue weighted by Crippen LogP contribution is -2.50. The fraction of sp³-hybridized carbons (Fsp3) is 0.900. The Morgan fingerprint density at radius 1 is 1.18 bits per heavy atom. The van der Waals surface area contributed by atoms with E-state index in [0.717, 1.165) is 12.8 Å². The van der Waals surface area contributed by atoms with E-state index in [9.17, 15) is 13.2 Å². The molecule has 17 heavy (non-hydrogen) atoms. The zero-order chi connectivity index (χ0) is 12.3. The number of carbonyl (C=O) groups is 1. The SMILES string of the molecule is O=C(NC1CCOC1)NC1CCCS(=O)(=O)C1. The van der Waals surface area contributed by atoms with Gasteiger partial charge in [-0.2, -0.15) is 0 Å². The molecule has 2 aliphatic heterocycles. The van der Waals surface area contributed by atoms with Gasteiger partial charge >= 0.3 is 6.03 Å². The number of rotatable bonds is 2. The molecule has 7 heteroatoms. The lowest BCUT2D eigenvalue weighted by Gasteiger charge is -2.23. The van der Waals surface area contributed by atoms with Gasteiger partial charge in [-0.1, -0.05) is 0 Å². The topological polar surface area (TPSA) is 84.5 Å². The van der Waals surface area contributed by atoms with Crippen molar-refractivity contribution in [2.45, 2.75) is 31.3 Å². The van der Waals surface area contributed by atoms with Crippen molar-refractivity contribution in [3.05, 3.63) is 0 Å². The van der Waals surface area contributed by atoms with Crippen LogP contribution in [0.5, 0.6) is 0 Å². The van der Waals surface area contributed by atoms with Crippen molar-refractivity contribution in [1.29, 1.82) is 0 Å². The highest BCUT2D eigenvalue weighted by atomic mass is 32.2. The van der Waals surface area contributed by atoms with Crippen LogP contribution in [0.1, 0.15) is 19.3 Å². The summed E-state index contributed by atoms with van der Waals surface area (Å²) in [5, 5.41) is 5.50. The first-order valence-corrected chi connectivity index (χ1v) is 7.72. The van der Waals surface area contributed by atoms with Gasteiger partial charge in [-0.25, -0.2) is 13.2 Å². The van der Waals surface area contributed by atoms with E-state index in [1.807, 2.05) is 0 Å². The van der Waals surface area contributed by atoms with E-state index >= 15 is 0 Å². The van der Waals surface area contributed by atoms with Gasteiger partial charge in [0.2, 0.25) is 0 Å². The van der Waals surface area contributed by atoms with Crippen LogP contribution in [0.2, 0.25) is 0 Å². The largest absolute Gasteiger partial charge is 0.379 e. The van der Waals surface area contributed by atoms with Crippen molar-refractivity contribution >= 4 is 15.9 Å². The summed E-state index contributed by atoms with van der Waals surface area (Å²) in [6, 6.07) is -0.492. The van der Waals surface area contributed by atoms with Crippen LogP contribution >= 0.6 is 0 Å². The van der Waals surface area contributed by atoms with Gasteiger partial charge < -0.3 is 15.4 Å². The van der Waals surface area contributed by atoms with Crippen LogP contribution in [-0.2, 0) is 14.6 Å². The minimum Gasteiger partial charge on any atom is -0.379 e. The second-order valence-electron chi connectivity index (χ2n) is 4.63. The Morgan fingerprint density at radius 3 is 2.59 bits per heavy atom. The first-order chi connectivity index (χ1) is 8.05. The van der Waals surface area contributed by atoms with Gasteiger partial charge in [0.25, 0.3) is 0 Å². The number of ether oxygens (including phenoxy) is 1. The minimum atomic E-state index is -2.97. The fourth-order valence-electron chi connectivity index (χ4n) is 2.20. The summed E-state index contributed by atoms with van der Waals surface area (Å²) in [6.07, 6.45) is 2.17. The number of hydrogen-bond acceptors (Lipinski definition) is 4. The number of amides is 2. The van der Waals surface area contributed by atoms with E-state index < -0.39 is 9.84 Å². The molecular weight excluding hydrogens is 244 g/mol. The first-order valence-electron chi connectivity index (χ1n) is 5.90. The molecule has 2 heterocycles. The molecule has 2 unspecified atom stereocenters. The van der Waals surface area contributed by atoms with Crippen LogP contribution in [0.4, 0.5) is 4.79 Å². The molecule has 0 radical (unpaired) electrons. The van der Waals surface area contributed by atoms with Crippen LogP contribution in [0, 0.1) is 0 Å². The predicted octanol–water partition coefficient (Wildman–Crippen LogP) is -0.348. The van der Waals surface area contributed by atoms with E-state index in [2.05, 4.69) is 10.6 Å². The average Bonchev–Trinajstić information content (AvgIpc) is 2.68. The molecule has 2 aliphatic rings. The van der Waals surface area contributed by atoms with Gasteiger partial charge in [0.05, 0.1) is 24.2 Å². The van der Waals surface area contributed by atoms with Gasteiger partial charge in [0.1, 0.15) is 0 Å². The van der Waals surface area contributed by atoms with Crippen molar-refractivity contribution in [2.24, 2.45) is 0 Å². The monoisotopic (exact) mass is 262 g/mol. The highest BCUT2D eigenvalue weighted by Crippen LogP contribution is 2.12. The molecule has 2 rings (SSSR count). The molecule has 0 aromatic heterocycles. The van der Waals surface area contributed by atoms with E-state index in [-0.39, 0.29) is 29.6 Å². The summed E-state index contributed by atoms with van der Waals surface area (Å²) in [4.78, 5) is 11.6. The molecule has 2 atom stereocenters. The third-order valence-electron chi connectivity index (χ3n) is 3.06. The molecule has 0 spiro atoms. The van der Waals surface area contributed by atoms with Gasteiger partial charge in [0, 0.05) is 12.6 Å². The van der Waals surface area contributed by atoms with Crippen molar-refractivity contribution in [3.63, 3.8) is 0 Å². The standard InChI is InChI=1S/C10H18N2O4S/c13-10(11-8-3-4-16-6-8)12-9-2-1-5-17(14,15)7-9/h8-9H,1-7H2,(H2,11,12,13). The van der Waals surface area contributed by atoms with Gasteiger partial charge in [-0.05, 0) is 19.3 Å². The Morgan fingerprint density at radius 2 is 1.94 bits per heavy atom. The van der Waals surface area contributed by atoms with Gasteiger partial charge in [-0.3, -0.25) is 0 Å². The number of sulfone groups is 1. The second kappa shape index (κ2) is 5.22. The molecule has 0 saturated carbocycles. The Balaban J connectivity index is 1.77. The molecule has 2 N–H and O–H groups in total. The van der Waals surface area contributed by atoms with Crippen LogP contribution in [-0.4, -0.2) is 51.3 Å². The summed E-state index contributed by atoms with van der Waals surface area (Å²) in [5.74, 6) is 0.296. The van der Waals surface area contributed by atoms with Crippen molar-refractivity contribution in [2.75, 3.05) is 24.7 Å². The summed E-state index contributed by atoms with van der Waals surface area (Å²) in [7, 11) is -2.97. The summed E-state index contributed by atoms with van der Waals surface area (Å²) >= 11 is 0. The summed E-state index contributed by atoms with van der Waals surface area (Å²) in [6.45, 7) is 1.21. The fourth-order valence-corrected chi connectivity index (χ4v) is 3.83. The van der Waals surface area contributed by atoms with Crippen LogP contribution < -0.4 is 10.6 Å². The third-order valence-corrected chi connectivity index (χ3v) is 4.88. The van der Waals surface area contributed by atoms with E-state index in [4.69, 9.17) is 4.74 Å². The summed E-state index contributed by atoms with van der Waals surface area (Å²) < 4.78 is 27.9. The zero-order valence-electron chi connectivity index (χ0n) is 9.65. The quantitative estimate of drug-likeness (QED) is 0.712. The average molecular weight is 262 g/mol. The number of nitrogens with one attached hydrogen (secondary N) is 2. The maximum atomic E-state index is 11.6. The Hall–Kier alpha value is -0.820. The lowest BCUT2D eigenvalue weighted by atomic mass is 10.2. The normalized spacial score (nSPS) is 32.0. The number of urea groups is 1. The van der Waals surface area contributed by atoms with Crippen LogP contribution in [0.15, 0.2) is 0 Å². The Bertz CT molecular complexity index is 376. The molecule has 2 fully saturated rings. The smallest absolute Gasteiger partial charge is 0.315 e. The highest BCUT2D eigenvalue weighted by Gasteiger charge is 2.26. The molecule has 0 aromatic carbocycles. The van der Waals surface area contributed by atoms with Crippen molar-refractivity contribution in [1.82, 2.24) is 10.6 Å². The second-order valence-corrected chi connectivity index (χ2v) is 6.86. The van der Waals surface area contributed by atoms with Crippen LogP contribution in [0.3, 0.4) is 0 Å². The highest BCUT2D eigenvalue weighted by molar-refractivity contribution is 7.91. The molecule has 0 aromatic rings. The van der Waals surface area contributed by atoms with E-state index in [1.54, 1.807) is 0 Å². The number of carbonyl (C=O) groups excluding carboxylic acids is 1. The predicted molar refractivity (Wildman–Crippen MR) is 62.6 cm³/mol. The molecular formula is C10H18N2O4S. The molecule has 98 valence electrons. The maximum Gasteiger partial charge on any atom is 0.315 e. The lowest BCUT2D eigenvalue weighted by molar-refractivity contribution is 0.188. The maximum absolute atomic E-state index is 11.6. The Labute approximate surface area is 101 Å². The summed E-state index contributed by atoms with van der Waals surface area (Å²) in [5.41, 5.74) is 0. The molecule has 0 aliphatic carbocycles. The molecule has 0 bridgehead atoms. The van der Waals surface area contributed by atoms with Gasteiger partial charge in [0.15, 0.2) is 9.84 Å². The van der Waals surface area contributed by atoms with Gasteiger partial charge in [-0.15, -0.1) is 0 Å². The van der Waals surface area contributed by atoms with E-state index in [1.165, 1.54) is 0 Å². The third kappa shape index (κ3) is 3.85. The molecule has 2 saturated heterocycles. The molecule has 6 nitrogen and oxygen atoms in total. The minimum absolute atomic E-state index is 0.0511. The Kier molecular flexibility index (Phi) is 3.88. The molecule has 2 amide bonds. The van der Waals surface area contributed by atoms with Crippen molar-refractivity contribution < 1.29 is 17.9 Å². The first kappa shape index (κ1) is 12.6. The number of hydrogen-bond donors (Lipinski definition) is 2.